The van der Waals surface area contributed by atoms with Gasteiger partial charge in [0, 0.05) is 7.05 Å². The van der Waals surface area contributed by atoms with Crippen molar-refractivity contribution in [3.63, 3.8) is 0 Å². The molecule has 1 rings (SSSR count). The first-order valence-corrected chi connectivity index (χ1v) is 5.94. The van der Waals surface area contributed by atoms with Crippen molar-refractivity contribution in [3.05, 3.63) is 29.3 Å². The van der Waals surface area contributed by atoms with Gasteiger partial charge in [-0.15, -0.1) is 0 Å². The Kier molecular flexibility index (Phi) is 3.49. The van der Waals surface area contributed by atoms with Crippen molar-refractivity contribution in [2.45, 2.75) is 18.7 Å². The second kappa shape index (κ2) is 4.30. The van der Waals surface area contributed by atoms with Crippen LogP contribution >= 0.6 is 0 Å². The summed E-state index contributed by atoms with van der Waals surface area (Å²) in [6.45, 7) is 3.53. The van der Waals surface area contributed by atoms with Gasteiger partial charge in [-0.05, 0) is 25.0 Å². The maximum Gasteiger partial charge on any atom is 0.265 e. The summed E-state index contributed by atoms with van der Waals surface area (Å²) in [7, 11) is -0.839. The zero-order valence-electron chi connectivity index (χ0n) is 9.31. The molecule has 0 spiro atoms. The average Bonchev–Trinajstić information content (AvgIpc) is 2.15. The topological polar surface area (TPSA) is 46.6 Å². The van der Waals surface area contributed by atoms with E-state index in [1.54, 1.807) is 26.0 Å². The minimum atomic E-state index is -3.54. The standard InChI is InChI=1S/C10H15NO3S/c1-8-6-5-7-9(2)10(8)15(12,13)11(3)14-4/h5-7H,1-4H3. The fourth-order valence-corrected chi connectivity index (χ4v) is 2.84. The lowest BCUT2D eigenvalue weighted by atomic mass is 10.2. The van der Waals surface area contributed by atoms with Crippen LogP contribution in [0, 0.1) is 13.8 Å². The molecule has 5 heteroatoms. The molecule has 1 aromatic carbocycles. The molecule has 0 N–H and O–H groups in total. The number of rotatable bonds is 3. The molecule has 0 unspecified atom stereocenters. The van der Waals surface area contributed by atoms with Crippen LogP contribution in [0.25, 0.3) is 0 Å². The van der Waals surface area contributed by atoms with E-state index in [4.69, 9.17) is 4.84 Å². The summed E-state index contributed by atoms with van der Waals surface area (Å²) in [5, 5.41) is 0. The molecule has 15 heavy (non-hydrogen) atoms. The zero-order valence-corrected chi connectivity index (χ0v) is 10.1. The second-order valence-electron chi connectivity index (χ2n) is 3.32. The van der Waals surface area contributed by atoms with Crippen LogP contribution < -0.4 is 0 Å². The highest BCUT2D eigenvalue weighted by Gasteiger charge is 2.24. The number of hydroxylamine groups is 1. The molecule has 0 aliphatic carbocycles. The van der Waals surface area contributed by atoms with Crippen LogP contribution in [0.3, 0.4) is 0 Å². The predicted octanol–water partition coefficient (Wildman–Crippen LogP) is 1.49. The highest BCUT2D eigenvalue weighted by molar-refractivity contribution is 7.89. The molecule has 1 aromatic rings. The fourth-order valence-electron chi connectivity index (χ4n) is 1.43. The van der Waals surface area contributed by atoms with Gasteiger partial charge in [0.05, 0.1) is 12.0 Å². The smallest absolute Gasteiger partial charge is 0.265 e. The van der Waals surface area contributed by atoms with E-state index < -0.39 is 10.0 Å². The lowest BCUT2D eigenvalue weighted by molar-refractivity contribution is -0.0259. The second-order valence-corrected chi connectivity index (χ2v) is 5.19. The normalized spacial score (nSPS) is 12.1. The Morgan fingerprint density at radius 1 is 1.20 bits per heavy atom. The minimum absolute atomic E-state index is 0.314. The van der Waals surface area contributed by atoms with Crippen LogP contribution in [-0.4, -0.2) is 27.0 Å². The molecule has 0 radical (unpaired) electrons. The molecule has 0 aliphatic heterocycles. The van der Waals surface area contributed by atoms with E-state index in [-0.39, 0.29) is 0 Å². The van der Waals surface area contributed by atoms with Crippen LogP contribution in [0.15, 0.2) is 23.1 Å². The zero-order chi connectivity index (χ0) is 11.6. The molecule has 0 bridgehead atoms. The first-order chi connectivity index (χ1) is 6.91. The lowest BCUT2D eigenvalue weighted by Gasteiger charge is -2.17. The monoisotopic (exact) mass is 229 g/mol. The van der Waals surface area contributed by atoms with E-state index in [0.717, 1.165) is 15.6 Å². The van der Waals surface area contributed by atoms with Crippen LogP contribution in [0.2, 0.25) is 0 Å². The van der Waals surface area contributed by atoms with Crippen molar-refractivity contribution in [2.75, 3.05) is 14.2 Å². The van der Waals surface area contributed by atoms with Gasteiger partial charge < -0.3 is 0 Å². The Morgan fingerprint density at radius 2 is 1.67 bits per heavy atom. The van der Waals surface area contributed by atoms with E-state index in [1.165, 1.54) is 14.2 Å². The molecule has 0 amide bonds. The number of hydrogen-bond acceptors (Lipinski definition) is 3. The van der Waals surface area contributed by atoms with E-state index in [0.29, 0.717) is 4.90 Å². The van der Waals surface area contributed by atoms with Crippen LogP contribution in [0.1, 0.15) is 11.1 Å². The third-order valence-corrected chi connectivity index (χ3v) is 4.25. The Labute approximate surface area is 90.5 Å². The molecule has 4 nitrogen and oxygen atoms in total. The van der Waals surface area contributed by atoms with Gasteiger partial charge in [0.15, 0.2) is 0 Å². The largest absolute Gasteiger partial charge is 0.288 e. The van der Waals surface area contributed by atoms with Gasteiger partial charge in [-0.25, -0.2) is 8.42 Å². The highest BCUT2D eigenvalue weighted by Crippen LogP contribution is 2.22. The minimum Gasteiger partial charge on any atom is -0.288 e. The summed E-state index contributed by atoms with van der Waals surface area (Å²) in [6.07, 6.45) is 0. The number of sulfonamides is 1. The molecular formula is C10H15NO3S. The van der Waals surface area contributed by atoms with E-state index in [1.807, 2.05) is 6.07 Å². The summed E-state index contributed by atoms with van der Waals surface area (Å²) >= 11 is 0. The molecule has 0 atom stereocenters. The highest BCUT2D eigenvalue weighted by atomic mass is 32.2. The maximum atomic E-state index is 12.0. The maximum absolute atomic E-state index is 12.0. The summed E-state index contributed by atoms with van der Waals surface area (Å²) in [4.78, 5) is 5.04. The van der Waals surface area contributed by atoms with Gasteiger partial charge in [-0.2, -0.15) is 0 Å². The number of aryl methyl sites for hydroxylation is 2. The van der Waals surface area contributed by atoms with Crippen LogP contribution in [-0.2, 0) is 14.9 Å². The molecule has 0 saturated heterocycles. The van der Waals surface area contributed by atoms with Crippen molar-refractivity contribution in [3.8, 4) is 0 Å². The Bertz CT molecular complexity index is 433. The quantitative estimate of drug-likeness (QED) is 0.738. The third kappa shape index (κ3) is 2.19. The van der Waals surface area contributed by atoms with Gasteiger partial charge in [0.1, 0.15) is 0 Å². The summed E-state index contributed by atoms with van der Waals surface area (Å²) < 4.78 is 24.9. The van der Waals surface area contributed by atoms with E-state index in [9.17, 15) is 8.42 Å². The fraction of sp³-hybridized carbons (Fsp3) is 0.400. The number of hydrogen-bond donors (Lipinski definition) is 0. The Morgan fingerprint density at radius 3 is 2.07 bits per heavy atom. The van der Waals surface area contributed by atoms with E-state index >= 15 is 0 Å². The molecule has 0 saturated carbocycles. The SMILES string of the molecule is CON(C)S(=O)(=O)c1c(C)cccc1C. The molecule has 0 heterocycles. The first-order valence-electron chi connectivity index (χ1n) is 4.50. The number of nitrogens with zero attached hydrogens (tertiary/aromatic N) is 1. The summed E-state index contributed by atoms with van der Waals surface area (Å²) in [6, 6.07) is 5.36. The van der Waals surface area contributed by atoms with Gasteiger partial charge in [0.2, 0.25) is 0 Å². The van der Waals surface area contributed by atoms with Crippen molar-refractivity contribution < 1.29 is 13.3 Å². The van der Waals surface area contributed by atoms with Crippen molar-refractivity contribution >= 4 is 10.0 Å². The molecule has 0 fully saturated rings. The summed E-state index contributed by atoms with van der Waals surface area (Å²) in [5.41, 5.74) is 1.44. The van der Waals surface area contributed by atoms with Crippen molar-refractivity contribution in [1.29, 1.82) is 0 Å². The van der Waals surface area contributed by atoms with Crippen LogP contribution in [0.4, 0.5) is 0 Å². The van der Waals surface area contributed by atoms with Gasteiger partial charge in [0.25, 0.3) is 10.0 Å². The molecule has 84 valence electrons. The first kappa shape index (κ1) is 12.2. The predicted molar refractivity (Wildman–Crippen MR) is 57.9 cm³/mol. The van der Waals surface area contributed by atoms with Gasteiger partial charge in [-0.3, -0.25) is 4.84 Å². The van der Waals surface area contributed by atoms with Gasteiger partial charge >= 0.3 is 0 Å². The Balaban J connectivity index is 3.40. The lowest BCUT2D eigenvalue weighted by Crippen LogP contribution is -2.27. The third-order valence-electron chi connectivity index (χ3n) is 2.26. The van der Waals surface area contributed by atoms with Crippen LogP contribution in [0.5, 0.6) is 0 Å². The van der Waals surface area contributed by atoms with Gasteiger partial charge in [-0.1, -0.05) is 22.7 Å². The van der Waals surface area contributed by atoms with Crippen molar-refractivity contribution in [1.82, 2.24) is 4.47 Å². The number of benzene rings is 1. The van der Waals surface area contributed by atoms with E-state index in [2.05, 4.69) is 0 Å². The summed E-state index contributed by atoms with van der Waals surface area (Å²) in [5.74, 6) is 0. The average molecular weight is 229 g/mol. The molecular weight excluding hydrogens is 214 g/mol. The Hall–Kier alpha value is -0.910. The molecule has 0 aromatic heterocycles. The van der Waals surface area contributed by atoms with Crippen molar-refractivity contribution in [2.24, 2.45) is 0 Å². The molecule has 0 aliphatic rings.